The predicted octanol–water partition coefficient (Wildman–Crippen LogP) is 4.62. The summed E-state index contributed by atoms with van der Waals surface area (Å²) in [6.07, 6.45) is 0. The van der Waals surface area contributed by atoms with Gasteiger partial charge in [0.2, 0.25) is 0 Å². The summed E-state index contributed by atoms with van der Waals surface area (Å²) in [5.74, 6) is 0. The number of rotatable bonds is 3. The first-order valence-corrected chi connectivity index (χ1v) is 8.46. The van der Waals surface area contributed by atoms with Crippen molar-refractivity contribution in [2.75, 3.05) is 4.72 Å². The van der Waals surface area contributed by atoms with Crippen LogP contribution in [-0.2, 0) is 10.0 Å². The van der Waals surface area contributed by atoms with Crippen molar-refractivity contribution in [3.63, 3.8) is 0 Å². The van der Waals surface area contributed by atoms with Gasteiger partial charge in [-0.2, -0.15) is 0 Å². The lowest BCUT2D eigenvalue weighted by Crippen LogP contribution is -2.11. The normalized spacial score (nSPS) is 11.5. The van der Waals surface area contributed by atoms with E-state index in [1.54, 1.807) is 12.1 Å². The summed E-state index contributed by atoms with van der Waals surface area (Å²) in [4.78, 5) is 0. The summed E-state index contributed by atoms with van der Waals surface area (Å²) in [6.45, 7) is 0. The average Bonchev–Trinajstić information content (AvgIpc) is 2.71. The van der Waals surface area contributed by atoms with Crippen LogP contribution in [0.3, 0.4) is 0 Å². The molecule has 96 valence electrons. The van der Waals surface area contributed by atoms with Crippen molar-refractivity contribution in [3.05, 3.63) is 44.2 Å². The number of thiophene rings is 1. The maximum atomic E-state index is 12.1. The molecule has 0 atom stereocenters. The number of benzene rings is 1. The maximum Gasteiger partial charge on any atom is 0.271 e. The first kappa shape index (κ1) is 14.1. The molecule has 1 N–H and O–H groups in total. The van der Waals surface area contributed by atoms with E-state index >= 15 is 0 Å². The summed E-state index contributed by atoms with van der Waals surface area (Å²) < 4.78 is 27.4. The molecule has 0 radical (unpaired) electrons. The predicted molar refractivity (Wildman–Crippen MR) is 79.3 cm³/mol. The van der Waals surface area contributed by atoms with Gasteiger partial charge in [-0.25, -0.2) is 8.42 Å². The van der Waals surface area contributed by atoms with Crippen molar-refractivity contribution >= 4 is 66.2 Å². The largest absolute Gasteiger partial charge is 0.277 e. The topological polar surface area (TPSA) is 46.2 Å². The number of nitrogens with one attached hydrogen (secondary N) is 1. The summed E-state index contributed by atoms with van der Waals surface area (Å²) >= 11 is 16.0. The molecule has 0 unspecified atom stereocenters. The Balaban J connectivity index is 2.36. The minimum atomic E-state index is -3.64. The van der Waals surface area contributed by atoms with Gasteiger partial charge in [-0.05, 0) is 46.3 Å². The second-order valence-corrected chi connectivity index (χ2v) is 8.50. The third-order valence-corrected chi connectivity index (χ3v) is 6.03. The monoisotopic (exact) mass is 385 g/mol. The Morgan fingerprint density at radius 1 is 1.17 bits per heavy atom. The van der Waals surface area contributed by atoms with E-state index in [9.17, 15) is 8.42 Å². The lowest BCUT2D eigenvalue weighted by Gasteiger charge is -2.08. The Morgan fingerprint density at radius 2 is 1.89 bits per heavy atom. The standard InChI is InChI=1S/C10H6BrCl2NO2S2/c11-9-3-4-10(17-9)18(15,16)14-8-5-6(12)1-2-7(8)13/h1-5,14H. The first-order chi connectivity index (χ1) is 8.38. The molecule has 0 fully saturated rings. The third kappa shape index (κ3) is 3.19. The highest BCUT2D eigenvalue weighted by Crippen LogP contribution is 2.31. The molecule has 0 bridgehead atoms. The number of halogens is 3. The van der Waals surface area contributed by atoms with Gasteiger partial charge in [-0.1, -0.05) is 23.2 Å². The highest BCUT2D eigenvalue weighted by molar-refractivity contribution is 9.11. The van der Waals surface area contributed by atoms with Crippen molar-refractivity contribution in [2.24, 2.45) is 0 Å². The molecule has 2 aromatic rings. The Hall–Kier alpha value is -0.270. The van der Waals surface area contributed by atoms with E-state index in [1.165, 1.54) is 18.2 Å². The van der Waals surface area contributed by atoms with E-state index in [0.29, 0.717) is 10.0 Å². The molecule has 0 saturated carbocycles. The highest BCUT2D eigenvalue weighted by atomic mass is 79.9. The molecule has 1 heterocycles. The van der Waals surface area contributed by atoms with Crippen molar-refractivity contribution in [2.45, 2.75) is 4.21 Å². The Bertz CT molecular complexity index is 685. The number of sulfonamides is 1. The van der Waals surface area contributed by atoms with Gasteiger partial charge in [-0.3, -0.25) is 4.72 Å². The minimum Gasteiger partial charge on any atom is -0.277 e. The van der Waals surface area contributed by atoms with Crippen molar-refractivity contribution in [1.82, 2.24) is 0 Å². The van der Waals surface area contributed by atoms with Crippen LogP contribution in [0.2, 0.25) is 10.0 Å². The molecule has 3 nitrogen and oxygen atoms in total. The maximum absolute atomic E-state index is 12.1. The van der Waals surface area contributed by atoms with Gasteiger partial charge in [0.25, 0.3) is 10.0 Å². The Morgan fingerprint density at radius 3 is 2.50 bits per heavy atom. The second-order valence-electron chi connectivity index (χ2n) is 3.29. The van der Waals surface area contributed by atoms with Crippen LogP contribution in [0, 0.1) is 0 Å². The van der Waals surface area contributed by atoms with Gasteiger partial charge in [-0.15, -0.1) is 11.3 Å². The summed E-state index contributed by atoms with van der Waals surface area (Å²) in [5, 5.41) is 0.697. The highest BCUT2D eigenvalue weighted by Gasteiger charge is 2.18. The molecule has 0 aliphatic rings. The molecule has 18 heavy (non-hydrogen) atoms. The lowest BCUT2D eigenvalue weighted by molar-refractivity contribution is 0.603. The summed E-state index contributed by atoms with van der Waals surface area (Å²) in [6, 6.07) is 7.76. The number of anilines is 1. The van der Waals surface area contributed by atoms with E-state index in [1.807, 2.05) is 0 Å². The van der Waals surface area contributed by atoms with Crippen LogP contribution in [0.25, 0.3) is 0 Å². The van der Waals surface area contributed by atoms with Gasteiger partial charge in [0.1, 0.15) is 4.21 Å². The zero-order valence-corrected chi connectivity index (χ0v) is 13.4. The van der Waals surface area contributed by atoms with Crippen LogP contribution in [0.1, 0.15) is 0 Å². The van der Waals surface area contributed by atoms with Crippen LogP contribution in [-0.4, -0.2) is 8.42 Å². The van der Waals surface area contributed by atoms with Gasteiger partial charge in [0.05, 0.1) is 14.5 Å². The molecular weight excluding hydrogens is 381 g/mol. The van der Waals surface area contributed by atoms with E-state index in [-0.39, 0.29) is 9.90 Å². The zero-order chi connectivity index (χ0) is 13.3. The molecule has 8 heteroatoms. The van der Waals surface area contributed by atoms with Crippen molar-refractivity contribution < 1.29 is 8.42 Å². The smallest absolute Gasteiger partial charge is 0.271 e. The van der Waals surface area contributed by atoms with Crippen LogP contribution in [0.15, 0.2) is 38.3 Å². The number of hydrogen-bond donors (Lipinski definition) is 1. The molecule has 0 aliphatic heterocycles. The van der Waals surface area contributed by atoms with Gasteiger partial charge in [0.15, 0.2) is 0 Å². The Labute approximate surface area is 127 Å². The minimum absolute atomic E-state index is 0.199. The van der Waals surface area contributed by atoms with E-state index in [2.05, 4.69) is 20.7 Å². The summed E-state index contributed by atoms with van der Waals surface area (Å²) in [5.41, 5.74) is 0.258. The fourth-order valence-corrected chi connectivity index (χ4v) is 4.69. The molecule has 0 amide bonds. The molecule has 0 spiro atoms. The quantitative estimate of drug-likeness (QED) is 0.836. The summed E-state index contributed by atoms with van der Waals surface area (Å²) in [7, 11) is -3.64. The molecule has 1 aromatic heterocycles. The van der Waals surface area contributed by atoms with E-state index in [4.69, 9.17) is 23.2 Å². The van der Waals surface area contributed by atoms with E-state index < -0.39 is 10.0 Å². The molecule has 2 rings (SSSR count). The van der Waals surface area contributed by atoms with E-state index in [0.717, 1.165) is 15.1 Å². The van der Waals surface area contributed by atoms with Crippen LogP contribution < -0.4 is 4.72 Å². The van der Waals surface area contributed by atoms with Gasteiger partial charge in [0, 0.05) is 5.02 Å². The second kappa shape index (κ2) is 5.38. The van der Waals surface area contributed by atoms with Crippen LogP contribution in [0.5, 0.6) is 0 Å². The van der Waals surface area contributed by atoms with Gasteiger partial charge >= 0.3 is 0 Å². The Kier molecular flexibility index (Phi) is 4.23. The zero-order valence-electron chi connectivity index (χ0n) is 8.65. The van der Waals surface area contributed by atoms with Crippen molar-refractivity contribution in [1.29, 1.82) is 0 Å². The SMILES string of the molecule is O=S(=O)(Nc1cc(Cl)ccc1Cl)c1ccc(Br)s1. The fourth-order valence-electron chi connectivity index (χ4n) is 1.21. The van der Waals surface area contributed by atoms with Crippen LogP contribution in [0.4, 0.5) is 5.69 Å². The molecule has 1 aromatic carbocycles. The van der Waals surface area contributed by atoms with Crippen molar-refractivity contribution in [3.8, 4) is 0 Å². The lowest BCUT2D eigenvalue weighted by atomic mass is 10.3. The third-order valence-electron chi connectivity index (χ3n) is 1.99. The molecular formula is C10H6BrCl2NO2S2. The molecule has 0 aliphatic carbocycles. The first-order valence-electron chi connectivity index (χ1n) is 4.62. The average molecular weight is 387 g/mol. The van der Waals surface area contributed by atoms with Crippen LogP contribution >= 0.6 is 50.5 Å². The number of hydrogen-bond acceptors (Lipinski definition) is 3. The molecule has 0 saturated heterocycles. The fraction of sp³-hybridized carbons (Fsp3) is 0. The van der Waals surface area contributed by atoms with Gasteiger partial charge < -0.3 is 0 Å².